The van der Waals surface area contributed by atoms with Gasteiger partial charge in [0.1, 0.15) is 58.6 Å². The minimum Gasteiger partial charge on any atom is -0.490 e. The van der Waals surface area contributed by atoms with Crippen molar-refractivity contribution >= 4 is 60.6 Å². The van der Waals surface area contributed by atoms with E-state index in [2.05, 4.69) is 21.5 Å². The van der Waals surface area contributed by atoms with Gasteiger partial charge in [0.05, 0.1) is 44.2 Å². The van der Waals surface area contributed by atoms with Crippen LogP contribution in [0.4, 0.5) is 47.4 Å². The topological polar surface area (TPSA) is 139 Å². The number of nitrogens with two attached hydrogens (primary N) is 2. The van der Waals surface area contributed by atoms with Gasteiger partial charge in [0.2, 0.25) is 0 Å². The van der Waals surface area contributed by atoms with E-state index >= 15 is 22.0 Å². The number of benzene rings is 2. The van der Waals surface area contributed by atoms with Crippen molar-refractivity contribution < 1.29 is 40.2 Å². The number of ether oxygens (including phenoxy) is 2. The normalized spacial score (nSPS) is 22.8. The van der Waals surface area contributed by atoms with E-state index in [4.69, 9.17) is 32.5 Å². The summed E-state index contributed by atoms with van der Waals surface area (Å²) in [4.78, 5) is 16.7. The summed E-state index contributed by atoms with van der Waals surface area (Å²) in [5.74, 6) is -6.16. The van der Waals surface area contributed by atoms with Crippen LogP contribution in [0.1, 0.15) is 54.8 Å². The lowest BCUT2D eigenvalue weighted by Gasteiger charge is -2.33. The van der Waals surface area contributed by atoms with Crippen molar-refractivity contribution in [1.29, 1.82) is 5.26 Å². The highest BCUT2D eigenvalue weighted by molar-refractivity contribution is 7.23. The Morgan fingerprint density at radius 1 is 1.16 bits per heavy atom. The van der Waals surface area contributed by atoms with Crippen LogP contribution >= 0.6 is 22.9 Å². The summed E-state index contributed by atoms with van der Waals surface area (Å²) in [5, 5.41) is 9.25. The van der Waals surface area contributed by atoms with Gasteiger partial charge in [-0.05, 0) is 49.9 Å². The van der Waals surface area contributed by atoms with Gasteiger partial charge in [-0.15, -0.1) is 17.9 Å². The first-order valence-electron chi connectivity index (χ1n) is 18.3. The highest BCUT2D eigenvalue weighted by atomic mass is 35.5. The third kappa shape index (κ3) is 5.71. The molecule has 0 bridgehead atoms. The average Bonchev–Trinajstić information content (AvgIpc) is 3.41. The zero-order valence-electron chi connectivity index (χ0n) is 30.3. The molecule has 4 N–H and O–H groups in total. The van der Waals surface area contributed by atoms with Crippen LogP contribution in [-0.4, -0.2) is 64.2 Å². The Morgan fingerprint density at radius 3 is 2.64 bits per heavy atom. The van der Waals surface area contributed by atoms with E-state index in [1.165, 1.54) is 6.20 Å². The van der Waals surface area contributed by atoms with Gasteiger partial charge in [-0.25, -0.2) is 22.5 Å². The van der Waals surface area contributed by atoms with E-state index in [-0.39, 0.29) is 82.9 Å². The molecule has 1 spiro atoms. The summed E-state index contributed by atoms with van der Waals surface area (Å²) in [6.07, 6.45) is -1.11. The number of nitrogen functional groups attached to an aromatic ring is 2. The van der Waals surface area contributed by atoms with Crippen LogP contribution in [0.2, 0.25) is 5.02 Å². The fourth-order valence-corrected chi connectivity index (χ4v) is 10.4. The number of nitriles is 1. The first-order chi connectivity index (χ1) is 27.5. The summed E-state index contributed by atoms with van der Waals surface area (Å²) in [7, 11) is 0. The van der Waals surface area contributed by atoms with Crippen molar-refractivity contribution in [3.8, 4) is 29.0 Å². The smallest absolute Gasteiger partial charge is 0.420 e. The highest BCUT2D eigenvalue weighted by Gasteiger charge is 2.77. The molecule has 3 atom stereocenters. The molecule has 2 aromatic carbocycles. The summed E-state index contributed by atoms with van der Waals surface area (Å²) in [6, 6.07) is 3.91. The van der Waals surface area contributed by atoms with E-state index in [1.54, 1.807) is 17.0 Å². The standard InChI is InChI=1S/C39H32ClF7N8O2S/c1-2-4-23(20-11-18(40)13-51-32(20)49)55-9-10-56-30-26-29(52-35(53-34(26)55)57-17-37-7-3-8-54(37)16-36(14-37)15-38(36,43)44)28(42)25(27(30)39(45,46)47)19-5-6-22(41)31-24(19)21(12-48)33(50)58-31/h2,5-6,11,13,23H,1,3-4,7-10,14-17,50H2,(H2,49,51)/t23-,36+,37+/m1/s1. The Bertz CT molecular complexity index is 2620. The lowest BCUT2D eigenvalue weighted by atomic mass is 9.89. The number of fused-ring (bicyclic) bond motifs is 2. The fraction of sp³-hybridized carbons (Fsp3) is 0.385. The number of alkyl halides is 5. The molecular formula is C39H32ClF7N8O2S. The predicted octanol–water partition coefficient (Wildman–Crippen LogP) is 9.05. The lowest BCUT2D eigenvalue weighted by molar-refractivity contribution is -0.138. The molecule has 0 amide bonds. The maximum absolute atomic E-state index is 17.6. The van der Waals surface area contributed by atoms with E-state index in [0.717, 1.165) is 18.6 Å². The Hall–Kier alpha value is -5.12. The number of thiophene rings is 1. The lowest BCUT2D eigenvalue weighted by Crippen LogP contribution is -2.43. The van der Waals surface area contributed by atoms with Gasteiger partial charge >= 0.3 is 12.2 Å². The van der Waals surface area contributed by atoms with Crippen molar-refractivity contribution in [3.63, 3.8) is 0 Å². The van der Waals surface area contributed by atoms with Crippen LogP contribution in [-0.2, 0) is 6.18 Å². The molecule has 6 heterocycles. The molecule has 10 nitrogen and oxygen atoms in total. The molecule has 5 aromatic rings. The van der Waals surface area contributed by atoms with E-state index in [1.807, 2.05) is 11.0 Å². The minimum absolute atomic E-state index is 0.0528. The first-order valence-corrected chi connectivity index (χ1v) is 19.4. The van der Waals surface area contributed by atoms with Crippen LogP contribution in [0.25, 0.3) is 32.1 Å². The Labute approximate surface area is 334 Å². The number of pyridine rings is 1. The molecule has 58 heavy (non-hydrogen) atoms. The van der Waals surface area contributed by atoms with Crippen LogP contribution in [0, 0.1) is 28.4 Å². The molecule has 0 radical (unpaired) electrons. The molecule has 2 saturated heterocycles. The van der Waals surface area contributed by atoms with Crippen molar-refractivity contribution in [2.75, 3.05) is 49.2 Å². The second-order valence-electron chi connectivity index (χ2n) is 15.3. The number of rotatable bonds is 8. The number of anilines is 3. The molecule has 19 heteroatoms. The number of hydrogen-bond acceptors (Lipinski definition) is 11. The zero-order valence-corrected chi connectivity index (χ0v) is 31.9. The molecular weight excluding hydrogens is 813 g/mol. The number of halogens is 8. The number of aromatic nitrogens is 3. The predicted molar refractivity (Wildman–Crippen MR) is 204 cm³/mol. The molecule has 302 valence electrons. The van der Waals surface area contributed by atoms with Crippen molar-refractivity contribution in [3.05, 3.63) is 70.4 Å². The zero-order chi connectivity index (χ0) is 41.1. The average molecular weight is 845 g/mol. The van der Waals surface area contributed by atoms with Crippen LogP contribution in [0.15, 0.2) is 37.1 Å². The molecule has 1 aliphatic carbocycles. The maximum Gasteiger partial charge on any atom is 0.420 e. The molecule has 4 aliphatic rings. The van der Waals surface area contributed by atoms with Gasteiger partial charge in [0, 0.05) is 35.7 Å². The number of nitrogens with zero attached hydrogens (tertiary/aromatic N) is 6. The Balaban J connectivity index is 1.30. The second-order valence-corrected chi connectivity index (χ2v) is 16.8. The molecule has 1 saturated carbocycles. The van der Waals surface area contributed by atoms with Crippen LogP contribution in [0.5, 0.6) is 11.8 Å². The quantitative estimate of drug-likeness (QED) is 0.115. The third-order valence-electron chi connectivity index (χ3n) is 12.0. The highest BCUT2D eigenvalue weighted by Crippen LogP contribution is 2.69. The van der Waals surface area contributed by atoms with Gasteiger partial charge in [-0.3, -0.25) is 4.90 Å². The maximum atomic E-state index is 17.6. The monoisotopic (exact) mass is 844 g/mol. The first kappa shape index (κ1) is 38.4. The molecule has 9 rings (SSSR count). The van der Waals surface area contributed by atoms with Gasteiger partial charge in [-0.1, -0.05) is 23.7 Å². The van der Waals surface area contributed by atoms with Crippen molar-refractivity contribution in [2.24, 2.45) is 5.41 Å². The number of hydrogen-bond donors (Lipinski definition) is 2. The fourth-order valence-electron chi connectivity index (χ4n) is 9.33. The Kier molecular flexibility index (Phi) is 8.74. The van der Waals surface area contributed by atoms with Crippen molar-refractivity contribution in [2.45, 2.75) is 55.8 Å². The molecule has 0 unspecified atom stereocenters. The van der Waals surface area contributed by atoms with Crippen LogP contribution in [0.3, 0.4) is 0 Å². The SMILES string of the molecule is C=CC[C@H](c1cc(Cl)cnc1N)N1CCOc2c(C(F)(F)F)c(-c3ccc(F)c4sc(N)c(C#N)c34)c(F)c3nc(OC[C@@]45CCCN4C[C@@]4(CC4(F)F)C5)nc1c23. The molecule has 3 fully saturated rings. The summed E-state index contributed by atoms with van der Waals surface area (Å²) in [5.41, 5.74) is 6.68. The van der Waals surface area contributed by atoms with Crippen LogP contribution < -0.4 is 25.8 Å². The minimum atomic E-state index is -5.30. The molecule has 3 aromatic heterocycles. The summed E-state index contributed by atoms with van der Waals surface area (Å²) < 4.78 is 121. The summed E-state index contributed by atoms with van der Waals surface area (Å²) >= 11 is 6.98. The van der Waals surface area contributed by atoms with Gasteiger partial charge < -0.3 is 25.8 Å². The van der Waals surface area contributed by atoms with Crippen molar-refractivity contribution in [1.82, 2.24) is 19.9 Å². The van der Waals surface area contributed by atoms with Gasteiger partial charge in [-0.2, -0.15) is 28.4 Å². The summed E-state index contributed by atoms with van der Waals surface area (Å²) in [6.45, 7) is 3.93. The second kappa shape index (κ2) is 13.2. The third-order valence-corrected chi connectivity index (χ3v) is 13.2. The largest absolute Gasteiger partial charge is 0.490 e. The van der Waals surface area contributed by atoms with E-state index in [0.29, 0.717) is 29.9 Å². The van der Waals surface area contributed by atoms with E-state index in [9.17, 15) is 14.0 Å². The van der Waals surface area contributed by atoms with E-state index < -0.39 is 80.1 Å². The van der Waals surface area contributed by atoms with Gasteiger partial charge in [0.25, 0.3) is 5.92 Å². The Morgan fingerprint density at radius 2 is 1.93 bits per heavy atom. The van der Waals surface area contributed by atoms with Gasteiger partial charge in [0.15, 0.2) is 5.82 Å². The molecule has 3 aliphatic heterocycles.